The zero-order chi connectivity index (χ0) is 20.6. The van der Waals surface area contributed by atoms with Gasteiger partial charge in [-0.3, -0.25) is 14.9 Å². The Bertz CT molecular complexity index is 953. The van der Waals surface area contributed by atoms with Gasteiger partial charge in [-0.2, -0.15) is 0 Å². The zero-order valence-corrected chi connectivity index (χ0v) is 17.9. The maximum atomic E-state index is 12.2. The largest absolute Gasteiger partial charge is 0.497 e. The Kier molecular flexibility index (Phi) is 7.42. The van der Waals surface area contributed by atoms with Crippen molar-refractivity contribution in [2.75, 3.05) is 12.9 Å². The number of nitrogens with zero attached hydrogens (tertiary/aromatic N) is 3. The molecular weight excluding hydrogens is 408 g/mol. The van der Waals surface area contributed by atoms with Gasteiger partial charge in [-0.1, -0.05) is 31.2 Å². The minimum Gasteiger partial charge on any atom is -0.497 e. The van der Waals surface area contributed by atoms with Crippen LogP contribution in [0.2, 0.25) is 0 Å². The van der Waals surface area contributed by atoms with Gasteiger partial charge in [0.15, 0.2) is 11.0 Å². The predicted octanol–water partition coefficient (Wildman–Crippen LogP) is 3.86. The van der Waals surface area contributed by atoms with E-state index in [4.69, 9.17) is 4.74 Å². The second kappa shape index (κ2) is 10.2. The molecule has 1 aromatic carbocycles. The average molecular weight is 431 g/mol. The quantitative estimate of drug-likeness (QED) is 0.519. The molecule has 7 nitrogen and oxygen atoms in total. The van der Waals surface area contributed by atoms with Gasteiger partial charge < -0.3 is 9.30 Å². The summed E-state index contributed by atoms with van der Waals surface area (Å²) in [5, 5.41) is 13.5. The van der Waals surface area contributed by atoms with Gasteiger partial charge >= 0.3 is 0 Å². The number of imide groups is 1. The van der Waals surface area contributed by atoms with E-state index in [2.05, 4.69) is 22.4 Å². The third-order valence-corrected chi connectivity index (χ3v) is 5.97. The topological polar surface area (TPSA) is 86.1 Å². The van der Waals surface area contributed by atoms with Gasteiger partial charge in [-0.05, 0) is 42.1 Å². The van der Waals surface area contributed by atoms with E-state index in [-0.39, 0.29) is 17.6 Å². The summed E-state index contributed by atoms with van der Waals surface area (Å²) in [5.41, 5.74) is 0.929. The van der Waals surface area contributed by atoms with Crippen LogP contribution in [0.25, 0.3) is 11.4 Å². The molecule has 0 aliphatic carbocycles. The van der Waals surface area contributed by atoms with Crippen LogP contribution >= 0.6 is 23.1 Å². The van der Waals surface area contributed by atoms with Gasteiger partial charge in [0.1, 0.15) is 5.75 Å². The molecule has 0 unspecified atom stereocenters. The van der Waals surface area contributed by atoms with E-state index in [1.165, 1.54) is 23.1 Å². The molecular formula is C20H22N4O3S2. The molecule has 0 bridgehead atoms. The minimum absolute atomic E-state index is 0.0873. The first-order valence-electron chi connectivity index (χ1n) is 9.20. The number of carbonyl (C=O) groups is 2. The summed E-state index contributed by atoms with van der Waals surface area (Å²) in [6, 6.07) is 11.1. The summed E-state index contributed by atoms with van der Waals surface area (Å²) in [7, 11) is 1.63. The number of unbranched alkanes of at least 4 members (excludes halogenated alkanes) is 1. The van der Waals surface area contributed by atoms with Crippen LogP contribution in [0.5, 0.6) is 5.75 Å². The molecule has 0 atom stereocenters. The van der Waals surface area contributed by atoms with Crippen molar-refractivity contribution in [1.29, 1.82) is 0 Å². The minimum atomic E-state index is -0.378. The van der Waals surface area contributed by atoms with E-state index in [9.17, 15) is 9.59 Å². The molecule has 3 aromatic rings. The molecule has 29 heavy (non-hydrogen) atoms. The molecule has 0 fully saturated rings. The van der Waals surface area contributed by atoms with Crippen molar-refractivity contribution in [3.8, 4) is 17.1 Å². The lowest BCUT2D eigenvalue weighted by Gasteiger charge is -2.10. The number of benzene rings is 1. The van der Waals surface area contributed by atoms with Crippen LogP contribution in [0.15, 0.2) is 46.9 Å². The second-order valence-electron chi connectivity index (χ2n) is 6.18. The lowest BCUT2D eigenvalue weighted by Crippen LogP contribution is -2.31. The molecule has 0 spiro atoms. The van der Waals surface area contributed by atoms with Crippen molar-refractivity contribution in [2.45, 2.75) is 31.5 Å². The Balaban J connectivity index is 1.70. The van der Waals surface area contributed by atoms with Crippen LogP contribution in [0.1, 0.15) is 29.4 Å². The number of rotatable bonds is 9. The van der Waals surface area contributed by atoms with Crippen LogP contribution in [-0.4, -0.2) is 39.4 Å². The van der Waals surface area contributed by atoms with E-state index in [0.717, 1.165) is 36.5 Å². The third kappa shape index (κ3) is 5.45. The standard InChI is InChI=1S/C20H22N4O3S2/c1-3-4-11-24-18(14-7-9-15(27-2)10-8-14)22-23-20(24)29-13-17(25)21-19(26)16-6-5-12-28-16/h5-10,12H,3-4,11,13H2,1-2H3,(H,21,25,26). The first-order chi connectivity index (χ1) is 14.1. The summed E-state index contributed by atoms with van der Waals surface area (Å²) < 4.78 is 7.23. The van der Waals surface area contributed by atoms with E-state index in [1.807, 2.05) is 28.8 Å². The first-order valence-corrected chi connectivity index (χ1v) is 11.1. The zero-order valence-electron chi connectivity index (χ0n) is 16.3. The van der Waals surface area contributed by atoms with Crippen LogP contribution in [-0.2, 0) is 11.3 Å². The summed E-state index contributed by atoms with van der Waals surface area (Å²) in [6.07, 6.45) is 2.00. The highest BCUT2D eigenvalue weighted by Crippen LogP contribution is 2.26. The smallest absolute Gasteiger partial charge is 0.267 e. The molecule has 2 heterocycles. The Labute approximate surface area is 177 Å². The van der Waals surface area contributed by atoms with Crippen LogP contribution in [0, 0.1) is 0 Å². The maximum Gasteiger partial charge on any atom is 0.267 e. The summed E-state index contributed by atoms with van der Waals surface area (Å²) >= 11 is 2.57. The number of hydrogen-bond donors (Lipinski definition) is 1. The lowest BCUT2D eigenvalue weighted by molar-refractivity contribution is -0.117. The average Bonchev–Trinajstić information content (AvgIpc) is 3.41. The van der Waals surface area contributed by atoms with Crippen LogP contribution in [0.3, 0.4) is 0 Å². The Morgan fingerprint density at radius 3 is 2.66 bits per heavy atom. The Morgan fingerprint density at radius 1 is 1.21 bits per heavy atom. The van der Waals surface area contributed by atoms with Crippen LogP contribution < -0.4 is 10.1 Å². The summed E-state index contributed by atoms with van der Waals surface area (Å²) in [5.74, 6) is 0.874. The highest BCUT2D eigenvalue weighted by molar-refractivity contribution is 7.99. The summed E-state index contributed by atoms with van der Waals surface area (Å²) in [4.78, 5) is 24.7. The second-order valence-corrected chi connectivity index (χ2v) is 8.07. The highest BCUT2D eigenvalue weighted by atomic mass is 32.2. The van der Waals surface area contributed by atoms with Crippen molar-refractivity contribution in [2.24, 2.45) is 0 Å². The van der Waals surface area contributed by atoms with Crippen molar-refractivity contribution in [3.05, 3.63) is 46.7 Å². The van der Waals surface area contributed by atoms with Crippen molar-refractivity contribution in [3.63, 3.8) is 0 Å². The maximum absolute atomic E-state index is 12.2. The summed E-state index contributed by atoms with van der Waals surface area (Å²) in [6.45, 7) is 2.87. The number of amides is 2. The van der Waals surface area contributed by atoms with Gasteiger partial charge in [0, 0.05) is 12.1 Å². The van der Waals surface area contributed by atoms with Crippen LogP contribution in [0.4, 0.5) is 0 Å². The lowest BCUT2D eigenvalue weighted by atomic mass is 10.2. The monoisotopic (exact) mass is 430 g/mol. The van der Waals surface area contributed by atoms with E-state index in [0.29, 0.717) is 10.0 Å². The van der Waals surface area contributed by atoms with E-state index >= 15 is 0 Å². The molecule has 152 valence electrons. The fraction of sp³-hybridized carbons (Fsp3) is 0.300. The predicted molar refractivity (Wildman–Crippen MR) is 114 cm³/mol. The van der Waals surface area contributed by atoms with Gasteiger partial charge in [-0.15, -0.1) is 21.5 Å². The Morgan fingerprint density at radius 2 is 2.00 bits per heavy atom. The molecule has 9 heteroatoms. The number of thioether (sulfide) groups is 1. The number of thiophene rings is 1. The van der Waals surface area contributed by atoms with Crippen molar-refractivity contribution in [1.82, 2.24) is 20.1 Å². The van der Waals surface area contributed by atoms with E-state index < -0.39 is 0 Å². The molecule has 2 aromatic heterocycles. The number of nitrogens with one attached hydrogen (secondary N) is 1. The fourth-order valence-corrected chi connectivity index (χ4v) is 4.01. The van der Waals surface area contributed by atoms with Crippen molar-refractivity contribution < 1.29 is 14.3 Å². The van der Waals surface area contributed by atoms with Gasteiger partial charge in [0.05, 0.1) is 17.7 Å². The number of carbonyl (C=O) groups excluding carboxylic acids is 2. The molecule has 0 saturated carbocycles. The molecule has 2 amide bonds. The molecule has 3 rings (SSSR count). The molecule has 0 aliphatic rings. The molecule has 0 aliphatic heterocycles. The normalized spacial score (nSPS) is 10.7. The fourth-order valence-electron chi connectivity index (χ4n) is 2.63. The van der Waals surface area contributed by atoms with Crippen molar-refractivity contribution >= 4 is 34.9 Å². The number of methoxy groups -OCH3 is 1. The Hall–Kier alpha value is -2.65. The molecule has 1 N–H and O–H groups in total. The van der Waals surface area contributed by atoms with E-state index in [1.54, 1.807) is 24.6 Å². The van der Waals surface area contributed by atoms with Gasteiger partial charge in [-0.25, -0.2) is 0 Å². The number of aromatic nitrogens is 3. The number of ether oxygens (including phenoxy) is 1. The molecule has 0 saturated heterocycles. The first kappa shape index (κ1) is 21.1. The highest BCUT2D eigenvalue weighted by Gasteiger charge is 2.17. The third-order valence-electron chi connectivity index (χ3n) is 4.13. The molecule has 0 radical (unpaired) electrons. The number of hydrogen-bond acceptors (Lipinski definition) is 7. The SMILES string of the molecule is CCCCn1c(SCC(=O)NC(=O)c2cccs2)nnc1-c1ccc(OC)cc1. The van der Waals surface area contributed by atoms with Gasteiger partial charge in [0.2, 0.25) is 5.91 Å². The van der Waals surface area contributed by atoms with Gasteiger partial charge in [0.25, 0.3) is 5.91 Å².